The summed E-state index contributed by atoms with van der Waals surface area (Å²) in [6.45, 7) is 5.05. The van der Waals surface area contributed by atoms with Crippen LogP contribution in [0.25, 0.3) is 11.3 Å². The van der Waals surface area contributed by atoms with Crippen LogP contribution >= 0.6 is 0 Å². The van der Waals surface area contributed by atoms with Crippen LogP contribution in [0, 0.1) is 13.8 Å². The van der Waals surface area contributed by atoms with Crippen LogP contribution in [0.2, 0.25) is 0 Å². The molecule has 0 bridgehead atoms. The Labute approximate surface area is 118 Å². The first kappa shape index (κ1) is 14.3. The first-order valence-electron chi connectivity index (χ1n) is 6.54. The number of aryl methyl sites for hydroxylation is 1. The third-order valence-corrected chi connectivity index (χ3v) is 3.46. The van der Waals surface area contributed by atoms with Crippen molar-refractivity contribution in [3.05, 3.63) is 47.2 Å². The number of carboxylic acids is 1. The monoisotopic (exact) mass is 273 g/mol. The second kappa shape index (κ2) is 5.92. The highest BCUT2D eigenvalue weighted by Crippen LogP contribution is 2.26. The number of nitrogens with zero attached hydrogens (tertiary/aromatic N) is 1. The molecule has 4 nitrogen and oxygen atoms in total. The zero-order valence-corrected chi connectivity index (χ0v) is 12.0. The van der Waals surface area contributed by atoms with E-state index in [0.29, 0.717) is 18.7 Å². The van der Waals surface area contributed by atoms with E-state index in [0.717, 1.165) is 17.0 Å². The van der Waals surface area contributed by atoms with Crippen molar-refractivity contribution in [3.8, 4) is 11.3 Å². The van der Waals surface area contributed by atoms with E-state index < -0.39 is 5.97 Å². The van der Waals surface area contributed by atoms with Gasteiger partial charge in [0.15, 0.2) is 0 Å². The molecule has 0 fully saturated rings. The highest BCUT2D eigenvalue weighted by molar-refractivity contribution is 5.91. The summed E-state index contributed by atoms with van der Waals surface area (Å²) in [7, 11) is 1.64. The zero-order valence-electron chi connectivity index (χ0n) is 12.0. The lowest BCUT2D eigenvalue weighted by atomic mass is 10.1. The fraction of sp³-hybridized carbons (Fsp3) is 0.312. The summed E-state index contributed by atoms with van der Waals surface area (Å²) in [6, 6.07) is 9.81. The molecule has 0 atom stereocenters. The summed E-state index contributed by atoms with van der Waals surface area (Å²) in [5.74, 6) is -0.896. The molecule has 1 aromatic heterocycles. The first-order chi connectivity index (χ1) is 9.54. The maximum atomic E-state index is 11.3. The van der Waals surface area contributed by atoms with Crippen LogP contribution in [0.1, 0.15) is 21.6 Å². The van der Waals surface area contributed by atoms with E-state index in [1.807, 2.05) is 42.7 Å². The summed E-state index contributed by atoms with van der Waals surface area (Å²) in [5.41, 5.74) is 4.21. The Hall–Kier alpha value is -2.07. The van der Waals surface area contributed by atoms with Gasteiger partial charge in [-0.1, -0.05) is 29.8 Å². The molecular weight excluding hydrogens is 254 g/mol. The molecule has 0 spiro atoms. The first-order valence-corrected chi connectivity index (χ1v) is 6.54. The number of hydrogen-bond acceptors (Lipinski definition) is 2. The van der Waals surface area contributed by atoms with Gasteiger partial charge in [-0.15, -0.1) is 0 Å². The topological polar surface area (TPSA) is 51.5 Å². The van der Waals surface area contributed by atoms with Gasteiger partial charge in [-0.05, 0) is 25.5 Å². The van der Waals surface area contributed by atoms with E-state index in [1.54, 1.807) is 13.2 Å². The molecule has 0 aliphatic heterocycles. The van der Waals surface area contributed by atoms with Gasteiger partial charge in [0.2, 0.25) is 0 Å². The number of methoxy groups -OCH3 is 1. The number of aromatic nitrogens is 1. The van der Waals surface area contributed by atoms with Crippen molar-refractivity contribution in [2.24, 2.45) is 0 Å². The summed E-state index contributed by atoms with van der Waals surface area (Å²) < 4.78 is 7.11. The largest absolute Gasteiger partial charge is 0.478 e. The Balaban J connectivity index is 2.52. The number of rotatable bonds is 5. The highest BCUT2D eigenvalue weighted by atomic mass is 16.5. The average molecular weight is 273 g/mol. The maximum Gasteiger partial charge on any atom is 0.337 e. The van der Waals surface area contributed by atoms with E-state index in [4.69, 9.17) is 4.74 Å². The molecule has 0 amide bonds. The minimum atomic E-state index is -0.896. The SMILES string of the molecule is COCCn1c(-c2ccc(C)cc2)cc(C(=O)O)c1C. The number of aromatic carboxylic acids is 1. The van der Waals surface area contributed by atoms with Crippen LogP contribution in [0.15, 0.2) is 30.3 Å². The third-order valence-electron chi connectivity index (χ3n) is 3.46. The molecule has 1 aromatic carbocycles. The van der Waals surface area contributed by atoms with Crippen molar-refractivity contribution < 1.29 is 14.6 Å². The van der Waals surface area contributed by atoms with E-state index >= 15 is 0 Å². The van der Waals surface area contributed by atoms with E-state index in [1.165, 1.54) is 5.56 Å². The van der Waals surface area contributed by atoms with Crippen LogP contribution < -0.4 is 0 Å². The Morgan fingerprint density at radius 1 is 1.25 bits per heavy atom. The Morgan fingerprint density at radius 2 is 1.90 bits per heavy atom. The Bertz CT molecular complexity index is 611. The Morgan fingerprint density at radius 3 is 2.45 bits per heavy atom. The molecule has 0 aliphatic rings. The van der Waals surface area contributed by atoms with Gasteiger partial charge in [0.25, 0.3) is 0 Å². The summed E-state index contributed by atoms with van der Waals surface area (Å²) >= 11 is 0. The van der Waals surface area contributed by atoms with Crippen molar-refractivity contribution in [1.82, 2.24) is 4.57 Å². The van der Waals surface area contributed by atoms with Gasteiger partial charge in [0.05, 0.1) is 12.2 Å². The molecule has 0 radical (unpaired) electrons. The van der Waals surface area contributed by atoms with Crippen LogP contribution in [-0.2, 0) is 11.3 Å². The molecule has 4 heteroatoms. The number of hydrogen-bond donors (Lipinski definition) is 1. The molecule has 0 saturated carbocycles. The minimum absolute atomic E-state index is 0.344. The van der Waals surface area contributed by atoms with Crippen molar-refractivity contribution in [1.29, 1.82) is 0 Å². The standard InChI is InChI=1S/C16H19NO3/c1-11-4-6-13(7-5-11)15-10-14(16(18)19)12(2)17(15)8-9-20-3/h4-7,10H,8-9H2,1-3H3,(H,18,19). The van der Waals surface area contributed by atoms with Crippen LogP contribution in [-0.4, -0.2) is 29.4 Å². The Kier molecular flexibility index (Phi) is 4.25. The fourth-order valence-corrected chi connectivity index (χ4v) is 2.30. The molecule has 20 heavy (non-hydrogen) atoms. The van der Waals surface area contributed by atoms with Gasteiger partial charge in [-0.2, -0.15) is 0 Å². The number of carbonyl (C=O) groups is 1. The molecule has 1 N–H and O–H groups in total. The van der Waals surface area contributed by atoms with Crippen LogP contribution in [0.5, 0.6) is 0 Å². The van der Waals surface area contributed by atoms with Gasteiger partial charge in [0.1, 0.15) is 0 Å². The molecular formula is C16H19NO3. The van der Waals surface area contributed by atoms with Crippen molar-refractivity contribution >= 4 is 5.97 Å². The molecule has 0 unspecified atom stereocenters. The van der Waals surface area contributed by atoms with Crippen molar-refractivity contribution in [3.63, 3.8) is 0 Å². The molecule has 2 aromatic rings. The summed E-state index contributed by atoms with van der Waals surface area (Å²) in [4.78, 5) is 11.3. The smallest absolute Gasteiger partial charge is 0.337 e. The van der Waals surface area contributed by atoms with E-state index in [9.17, 15) is 9.90 Å². The number of benzene rings is 1. The van der Waals surface area contributed by atoms with Gasteiger partial charge in [0, 0.05) is 25.0 Å². The van der Waals surface area contributed by atoms with Crippen molar-refractivity contribution in [2.45, 2.75) is 20.4 Å². The summed E-state index contributed by atoms with van der Waals surface area (Å²) in [5, 5.41) is 9.28. The molecule has 2 rings (SSSR count). The number of ether oxygens (including phenoxy) is 1. The highest BCUT2D eigenvalue weighted by Gasteiger charge is 2.17. The molecule has 1 heterocycles. The second-order valence-corrected chi connectivity index (χ2v) is 4.84. The normalized spacial score (nSPS) is 10.8. The molecule has 106 valence electrons. The lowest BCUT2D eigenvalue weighted by Crippen LogP contribution is -2.08. The van der Waals surface area contributed by atoms with Crippen LogP contribution in [0.4, 0.5) is 0 Å². The lowest BCUT2D eigenvalue weighted by Gasteiger charge is -2.11. The average Bonchev–Trinajstić information content (AvgIpc) is 2.75. The van der Waals surface area contributed by atoms with Crippen LogP contribution in [0.3, 0.4) is 0 Å². The van der Waals surface area contributed by atoms with Gasteiger partial charge < -0.3 is 14.4 Å². The zero-order chi connectivity index (χ0) is 14.7. The minimum Gasteiger partial charge on any atom is -0.478 e. The summed E-state index contributed by atoms with van der Waals surface area (Å²) in [6.07, 6.45) is 0. The molecule has 0 aliphatic carbocycles. The second-order valence-electron chi connectivity index (χ2n) is 4.84. The van der Waals surface area contributed by atoms with E-state index in [2.05, 4.69) is 0 Å². The maximum absolute atomic E-state index is 11.3. The predicted molar refractivity (Wildman–Crippen MR) is 78.2 cm³/mol. The van der Waals surface area contributed by atoms with E-state index in [-0.39, 0.29) is 0 Å². The van der Waals surface area contributed by atoms with Gasteiger partial charge >= 0.3 is 5.97 Å². The predicted octanol–water partition coefficient (Wildman–Crippen LogP) is 3.12. The van der Waals surface area contributed by atoms with Crippen molar-refractivity contribution in [2.75, 3.05) is 13.7 Å². The van der Waals surface area contributed by atoms with Gasteiger partial charge in [-0.3, -0.25) is 0 Å². The third kappa shape index (κ3) is 2.75. The van der Waals surface area contributed by atoms with Gasteiger partial charge in [-0.25, -0.2) is 4.79 Å². The molecule has 0 saturated heterocycles. The quantitative estimate of drug-likeness (QED) is 0.910. The lowest BCUT2D eigenvalue weighted by molar-refractivity contribution is 0.0696. The number of carboxylic acid groups (broad SMARTS) is 1. The fourth-order valence-electron chi connectivity index (χ4n) is 2.30.